The number of hydrogen-bond acceptors (Lipinski definition) is 3. The van der Waals surface area contributed by atoms with Crippen LogP contribution in [0.15, 0.2) is 48.5 Å². The summed E-state index contributed by atoms with van der Waals surface area (Å²) in [4.78, 5) is 12.4. The molecule has 2 rings (SSSR count). The van der Waals surface area contributed by atoms with Crippen molar-refractivity contribution in [3.8, 4) is 11.5 Å². The Labute approximate surface area is 137 Å². The number of allylic oxidation sites excluding steroid dienone is 1. The molecule has 3 nitrogen and oxygen atoms in total. The van der Waals surface area contributed by atoms with Gasteiger partial charge in [-0.25, -0.2) is 0 Å². The normalized spacial score (nSPS) is 11.5. The molecule has 0 saturated carbocycles. The molecule has 0 fully saturated rings. The minimum absolute atomic E-state index is 0.255. The van der Waals surface area contributed by atoms with Crippen LogP contribution in [0, 0.1) is 0 Å². The SMILES string of the molecule is COc1cccc(OC)c1C(=O)C=Cc1ccc(C(F)(F)F)cc1. The topological polar surface area (TPSA) is 35.5 Å². The predicted molar refractivity (Wildman–Crippen MR) is 84.4 cm³/mol. The van der Waals surface area contributed by atoms with E-state index in [1.807, 2.05) is 0 Å². The summed E-state index contributed by atoms with van der Waals surface area (Å²) in [6.07, 6.45) is -1.68. The number of ketones is 1. The number of carbonyl (C=O) groups excluding carboxylic acids is 1. The zero-order chi connectivity index (χ0) is 17.7. The fourth-order valence-corrected chi connectivity index (χ4v) is 2.13. The quantitative estimate of drug-likeness (QED) is 0.590. The monoisotopic (exact) mass is 336 g/mol. The summed E-state index contributed by atoms with van der Waals surface area (Å²) in [7, 11) is 2.87. The van der Waals surface area contributed by atoms with Crippen LogP contribution in [0.25, 0.3) is 6.08 Å². The van der Waals surface area contributed by atoms with E-state index in [2.05, 4.69) is 0 Å². The first-order valence-electron chi connectivity index (χ1n) is 6.97. The van der Waals surface area contributed by atoms with Crippen LogP contribution < -0.4 is 9.47 Å². The van der Waals surface area contributed by atoms with Gasteiger partial charge in [-0.05, 0) is 35.9 Å². The molecule has 0 aromatic heterocycles. The molecule has 2 aromatic carbocycles. The van der Waals surface area contributed by atoms with Crippen LogP contribution in [0.2, 0.25) is 0 Å². The van der Waals surface area contributed by atoms with Crippen molar-refractivity contribution in [2.45, 2.75) is 6.18 Å². The molecule has 0 radical (unpaired) electrons. The van der Waals surface area contributed by atoms with Gasteiger partial charge in [-0.1, -0.05) is 24.3 Å². The summed E-state index contributed by atoms with van der Waals surface area (Å²) in [5.74, 6) is 0.344. The van der Waals surface area contributed by atoms with Crippen molar-refractivity contribution in [3.05, 3.63) is 65.2 Å². The number of halogens is 3. The van der Waals surface area contributed by atoms with E-state index < -0.39 is 11.7 Å². The molecular formula is C18H15F3O3. The minimum Gasteiger partial charge on any atom is -0.496 e. The van der Waals surface area contributed by atoms with Gasteiger partial charge in [0.25, 0.3) is 0 Å². The fraction of sp³-hybridized carbons (Fsp3) is 0.167. The summed E-state index contributed by atoms with van der Waals surface area (Å²) >= 11 is 0. The third-order valence-electron chi connectivity index (χ3n) is 3.34. The van der Waals surface area contributed by atoms with Gasteiger partial charge >= 0.3 is 6.18 Å². The molecule has 0 amide bonds. The van der Waals surface area contributed by atoms with E-state index in [1.54, 1.807) is 18.2 Å². The fourth-order valence-electron chi connectivity index (χ4n) is 2.13. The first-order chi connectivity index (χ1) is 11.4. The van der Waals surface area contributed by atoms with Gasteiger partial charge in [0.1, 0.15) is 17.1 Å². The molecule has 0 unspecified atom stereocenters. The van der Waals surface area contributed by atoms with Crippen molar-refractivity contribution < 1.29 is 27.4 Å². The third-order valence-corrected chi connectivity index (χ3v) is 3.34. The number of hydrogen-bond donors (Lipinski definition) is 0. The Morgan fingerprint density at radius 3 is 1.96 bits per heavy atom. The zero-order valence-electron chi connectivity index (χ0n) is 13.1. The van der Waals surface area contributed by atoms with Gasteiger partial charge in [-0.2, -0.15) is 13.2 Å². The number of rotatable bonds is 5. The standard InChI is InChI=1S/C18H15F3O3/c1-23-15-4-3-5-16(24-2)17(15)14(22)11-8-12-6-9-13(10-7-12)18(19,20)21/h3-11H,1-2H3. The highest BCUT2D eigenvalue weighted by Gasteiger charge is 2.29. The summed E-state index contributed by atoms with van der Waals surface area (Å²) in [6.45, 7) is 0. The van der Waals surface area contributed by atoms with Crippen molar-refractivity contribution in [1.82, 2.24) is 0 Å². The van der Waals surface area contributed by atoms with Gasteiger partial charge in [0.2, 0.25) is 0 Å². The first-order valence-corrected chi connectivity index (χ1v) is 6.97. The van der Waals surface area contributed by atoms with Crippen LogP contribution in [0.1, 0.15) is 21.5 Å². The van der Waals surface area contributed by atoms with E-state index in [9.17, 15) is 18.0 Å². The Morgan fingerprint density at radius 2 is 1.50 bits per heavy atom. The number of carbonyl (C=O) groups is 1. The highest BCUT2D eigenvalue weighted by atomic mass is 19.4. The van der Waals surface area contributed by atoms with E-state index in [-0.39, 0.29) is 11.3 Å². The Morgan fingerprint density at radius 1 is 0.958 bits per heavy atom. The lowest BCUT2D eigenvalue weighted by Crippen LogP contribution is -2.04. The third kappa shape index (κ3) is 3.95. The summed E-state index contributed by atoms with van der Waals surface area (Å²) in [5, 5.41) is 0. The van der Waals surface area contributed by atoms with Crippen molar-refractivity contribution in [1.29, 1.82) is 0 Å². The highest BCUT2D eigenvalue weighted by molar-refractivity contribution is 6.10. The van der Waals surface area contributed by atoms with Gasteiger partial charge in [0, 0.05) is 0 Å². The number of methoxy groups -OCH3 is 2. The Bertz CT molecular complexity index is 725. The smallest absolute Gasteiger partial charge is 0.416 e. The molecule has 0 N–H and O–H groups in total. The molecule has 0 aliphatic carbocycles. The van der Waals surface area contributed by atoms with E-state index in [1.165, 1.54) is 38.5 Å². The van der Waals surface area contributed by atoms with Gasteiger partial charge in [-0.15, -0.1) is 0 Å². The van der Waals surface area contributed by atoms with Gasteiger partial charge < -0.3 is 9.47 Å². The lowest BCUT2D eigenvalue weighted by atomic mass is 10.1. The molecule has 0 spiro atoms. The van der Waals surface area contributed by atoms with Gasteiger partial charge in [-0.3, -0.25) is 4.79 Å². The van der Waals surface area contributed by atoms with Crippen LogP contribution in [0.3, 0.4) is 0 Å². The van der Waals surface area contributed by atoms with Gasteiger partial charge in [0.15, 0.2) is 5.78 Å². The molecule has 0 bridgehead atoms. The average Bonchev–Trinajstić information content (AvgIpc) is 2.58. The minimum atomic E-state index is -4.39. The number of alkyl halides is 3. The molecule has 126 valence electrons. The van der Waals surface area contributed by atoms with Crippen molar-refractivity contribution in [2.24, 2.45) is 0 Å². The lowest BCUT2D eigenvalue weighted by Gasteiger charge is -2.10. The molecule has 0 atom stereocenters. The first kappa shape index (κ1) is 17.6. The van der Waals surface area contributed by atoms with Gasteiger partial charge in [0.05, 0.1) is 19.8 Å². The number of benzene rings is 2. The molecule has 24 heavy (non-hydrogen) atoms. The molecule has 0 aliphatic heterocycles. The number of ether oxygens (including phenoxy) is 2. The maximum atomic E-state index is 12.5. The van der Waals surface area contributed by atoms with E-state index >= 15 is 0 Å². The lowest BCUT2D eigenvalue weighted by molar-refractivity contribution is -0.137. The summed E-state index contributed by atoms with van der Waals surface area (Å²) < 4.78 is 47.9. The molecule has 0 saturated heterocycles. The van der Waals surface area contributed by atoms with Crippen molar-refractivity contribution in [3.63, 3.8) is 0 Å². The van der Waals surface area contributed by atoms with Crippen LogP contribution >= 0.6 is 0 Å². The highest BCUT2D eigenvalue weighted by Crippen LogP contribution is 2.30. The predicted octanol–water partition coefficient (Wildman–Crippen LogP) is 4.62. The van der Waals surface area contributed by atoms with Crippen LogP contribution in [0.4, 0.5) is 13.2 Å². The van der Waals surface area contributed by atoms with Crippen molar-refractivity contribution >= 4 is 11.9 Å². The zero-order valence-corrected chi connectivity index (χ0v) is 13.1. The Hall–Kier alpha value is -2.76. The van der Waals surface area contributed by atoms with E-state index in [4.69, 9.17) is 9.47 Å². The average molecular weight is 336 g/mol. The van der Waals surface area contributed by atoms with E-state index in [0.29, 0.717) is 17.1 Å². The molecule has 0 aliphatic rings. The Balaban J connectivity index is 2.25. The summed E-state index contributed by atoms with van der Waals surface area (Å²) in [6, 6.07) is 9.47. The second-order valence-corrected chi connectivity index (χ2v) is 4.85. The van der Waals surface area contributed by atoms with Crippen LogP contribution in [-0.4, -0.2) is 20.0 Å². The molecule has 2 aromatic rings. The maximum Gasteiger partial charge on any atom is 0.416 e. The molecular weight excluding hydrogens is 321 g/mol. The largest absolute Gasteiger partial charge is 0.496 e. The van der Waals surface area contributed by atoms with E-state index in [0.717, 1.165) is 12.1 Å². The second kappa shape index (κ2) is 7.21. The molecule has 0 heterocycles. The second-order valence-electron chi connectivity index (χ2n) is 4.85. The maximum absolute atomic E-state index is 12.5. The molecule has 6 heteroatoms. The summed E-state index contributed by atoms with van der Waals surface area (Å²) in [5.41, 5.74) is -0.00625. The Kier molecular flexibility index (Phi) is 5.28. The van der Waals surface area contributed by atoms with Crippen LogP contribution in [-0.2, 0) is 6.18 Å². The van der Waals surface area contributed by atoms with Crippen LogP contribution in [0.5, 0.6) is 11.5 Å². The van der Waals surface area contributed by atoms with Crippen molar-refractivity contribution in [2.75, 3.05) is 14.2 Å².